The molecule has 0 amide bonds. The van der Waals surface area contributed by atoms with Crippen molar-refractivity contribution in [2.24, 2.45) is 0 Å². The molecule has 1 aliphatic carbocycles. The zero-order valence-electron chi connectivity index (χ0n) is 42.3. The number of hydrogen-bond donors (Lipinski definition) is 0. The number of rotatable bonds is 17. The van der Waals surface area contributed by atoms with Crippen LogP contribution in [0.3, 0.4) is 0 Å². The topological polar surface area (TPSA) is 133 Å². The van der Waals surface area contributed by atoms with Gasteiger partial charge in [-0.05, 0) is 142 Å². The third-order valence-corrected chi connectivity index (χ3v) is 13.3. The monoisotopic (exact) mass is 1020 g/mol. The molecule has 2 heterocycles. The molecule has 78 heavy (non-hydrogen) atoms. The standard InChI is InChI=1S/C66H50N6O6/c1-5-13-45(14-6-1)49-21-33-55(34-22-49)73-61-67-62(74-56-35-23-50(24-36-56)46-15-7-2-8-16-46)70-65(69-61)77-59-41-29-53(30-42-59)54-31-43-60(44-32-54)78-66-71-63(75-57-37-25-51(26-38-57)47-17-9-3-10-18-47)68-64(72-66)76-58-39-27-52(28-40-58)48-19-11-4-12-20-48/h1-3,5-10,13-18,21-44,48H,4,11-12,19-20H2. The second kappa shape index (κ2) is 23.1. The molecular formula is C66H50N6O6. The summed E-state index contributed by atoms with van der Waals surface area (Å²) in [6, 6.07) is 76.8. The van der Waals surface area contributed by atoms with Crippen LogP contribution < -0.4 is 28.4 Å². The Morgan fingerprint density at radius 3 is 0.654 bits per heavy atom. The molecule has 12 rings (SSSR count). The first-order valence-corrected chi connectivity index (χ1v) is 25.9. The average molecular weight is 1020 g/mol. The molecule has 12 heteroatoms. The Balaban J connectivity index is 0.750. The SMILES string of the molecule is c1ccc(-c2ccc(Oc3nc(Oc4ccc(-c5ccccc5)cc4)nc(Oc4ccc(-c5ccc(Oc6nc(Oc7ccc(-c8ccccc8)cc7)nc(Oc7ccc(C8CCCCC8)cc7)n6)cc5)cc4)n3)cc2)cc1. The Kier molecular flexibility index (Phi) is 14.5. The molecule has 0 aliphatic heterocycles. The number of nitrogens with zero attached hydrogens (tertiary/aromatic N) is 6. The molecule has 380 valence electrons. The fourth-order valence-corrected chi connectivity index (χ4v) is 9.26. The molecule has 0 radical (unpaired) electrons. The lowest BCUT2D eigenvalue weighted by atomic mass is 9.84. The minimum atomic E-state index is -0.0139. The van der Waals surface area contributed by atoms with E-state index < -0.39 is 0 Å². The van der Waals surface area contributed by atoms with Crippen molar-refractivity contribution in [2.75, 3.05) is 0 Å². The maximum Gasteiger partial charge on any atom is 0.331 e. The van der Waals surface area contributed by atoms with Gasteiger partial charge in [0, 0.05) is 0 Å². The van der Waals surface area contributed by atoms with E-state index in [2.05, 4.69) is 78.4 Å². The van der Waals surface area contributed by atoms with E-state index in [9.17, 15) is 0 Å². The summed E-state index contributed by atoms with van der Waals surface area (Å²) in [7, 11) is 0. The zero-order chi connectivity index (χ0) is 52.3. The Morgan fingerprint density at radius 1 is 0.218 bits per heavy atom. The van der Waals surface area contributed by atoms with E-state index in [1.54, 1.807) is 0 Å². The summed E-state index contributed by atoms with van der Waals surface area (Å²) in [4.78, 5) is 27.2. The lowest BCUT2D eigenvalue weighted by Crippen LogP contribution is -2.04. The quantitative estimate of drug-likeness (QED) is 0.0860. The van der Waals surface area contributed by atoms with Crippen LogP contribution in [0.2, 0.25) is 0 Å². The van der Waals surface area contributed by atoms with Crippen LogP contribution in [0.15, 0.2) is 237 Å². The minimum Gasteiger partial charge on any atom is -0.424 e. The first-order valence-electron chi connectivity index (χ1n) is 25.9. The van der Waals surface area contributed by atoms with Gasteiger partial charge in [0.2, 0.25) is 0 Å². The number of aromatic nitrogens is 6. The van der Waals surface area contributed by atoms with Crippen molar-refractivity contribution in [2.45, 2.75) is 38.0 Å². The first kappa shape index (κ1) is 48.7. The summed E-state index contributed by atoms with van der Waals surface area (Å²) in [6.45, 7) is 0. The summed E-state index contributed by atoms with van der Waals surface area (Å²) < 4.78 is 37.2. The maximum absolute atomic E-state index is 6.25. The molecule has 1 fully saturated rings. The van der Waals surface area contributed by atoms with Gasteiger partial charge in [-0.1, -0.05) is 183 Å². The van der Waals surface area contributed by atoms with E-state index in [1.807, 2.05) is 188 Å². The van der Waals surface area contributed by atoms with Crippen LogP contribution in [0.4, 0.5) is 0 Å². The molecule has 0 unspecified atom stereocenters. The van der Waals surface area contributed by atoms with Crippen LogP contribution in [0, 0.1) is 0 Å². The third kappa shape index (κ3) is 12.3. The number of hydrogen-bond acceptors (Lipinski definition) is 12. The van der Waals surface area contributed by atoms with Crippen molar-refractivity contribution in [1.82, 2.24) is 29.9 Å². The Morgan fingerprint density at radius 2 is 0.423 bits per heavy atom. The molecular weight excluding hydrogens is 973 g/mol. The lowest BCUT2D eigenvalue weighted by molar-refractivity contribution is 0.361. The molecule has 2 aromatic heterocycles. The van der Waals surface area contributed by atoms with Gasteiger partial charge in [-0.2, -0.15) is 0 Å². The van der Waals surface area contributed by atoms with E-state index in [1.165, 1.54) is 37.7 Å². The largest absolute Gasteiger partial charge is 0.424 e. The van der Waals surface area contributed by atoms with Gasteiger partial charge in [0.25, 0.3) is 0 Å². The van der Waals surface area contributed by atoms with Crippen molar-refractivity contribution in [3.63, 3.8) is 0 Å². The van der Waals surface area contributed by atoms with Gasteiger partial charge in [0.05, 0.1) is 0 Å². The van der Waals surface area contributed by atoms with Gasteiger partial charge >= 0.3 is 36.1 Å². The molecule has 9 aromatic carbocycles. The van der Waals surface area contributed by atoms with Gasteiger partial charge < -0.3 is 28.4 Å². The van der Waals surface area contributed by atoms with Crippen molar-refractivity contribution in [3.8, 4) is 115 Å². The second-order valence-corrected chi connectivity index (χ2v) is 18.6. The predicted octanol–water partition coefficient (Wildman–Crippen LogP) is 17.5. The lowest BCUT2D eigenvalue weighted by Gasteiger charge is -2.22. The van der Waals surface area contributed by atoms with Crippen LogP contribution in [-0.4, -0.2) is 29.9 Å². The number of ether oxygens (including phenoxy) is 6. The van der Waals surface area contributed by atoms with Crippen LogP contribution in [0.1, 0.15) is 43.6 Å². The first-order chi connectivity index (χ1) is 38.5. The maximum atomic E-state index is 6.25. The summed E-state index contributed by atoms with van der Waals surface area (Å²) >= 11 is 0. The van der Waals surface area contributed by atoms with Crippen LogP contribution >= 0.6 is 0 Å². The normalized spacial score (nSPS) is 12.3. The van der Waals surface area contributed by atoms with E-state index in [0.717, 1.165) is 44.5 Å². The second-order valence-electron chi connectivity index (χ2n) is 18.6. The van der Waals surface area contributed by atoms with Gasteiger partial charge in [-0.3, -0.25) is 0 Å². The molecule has 0 bridgehead atoms. The summed E-state index contributed by atoms with van der Waals surface area (Å²) in [5.74, 6) is 3.76. The highest BCUT2D eigenvalue weighted by Gasteiger charge is 2.18. The number of benzene rings is 9. The molecule has 0 spiro atoms. The fourth-order valence-electron chi connectivity index (χ4n) is 9.26. The average Bonchev–Trinajstić information content (AvgIpc) is 3.49. The van der Waals surface area contributed by atoms with E-state index >= 15 is 0 Å². The van der Waals surface area contributed by atoms with Crippen molar-refractivity contribution in [3.05, 3.63) is 242 Å². The zero-order valence-corrected chi connectivity index (χ0v) is 42.3. The van der Waals surface area contributed by atoms with Gasteiger partial charge in [-0.25, -0.2) is 0 Å². The highest BCUT2D eigenvalue weighted by atomic mass is 16.5. The van der Waals surface area contributed by atoms with Crippen LogP contribution in [-0.2, 0) is 0 Å². The Labute approximate surface area is 451 Å². The van der Waals surface area contributed by atoms with Gasteiger partial charge in [0.1, 0.15) is 34.5 Å². The molecule has 12 nitrogen and oxygen atoms in total. The molecule has 0 atom stereocenters. The molecule has 1 saturated carbocycles. The van der Waals surface area contributed by atoms with Crippen molar-refractivity contribution < 1.29 is 28.4 Å². The summed E-state index contributed by atoms with van der Waals surface area (Å²) in [6.07, 6.45) is 6.26. The molecule has 1 aliphatic rings. The summed E-state index contributed by atoms with van der Waals surface area (Å²) in [5.41, 5.74) is 9.61. The summed E-state index contributed by atoms with van der Waals surface area (Å²) in [5, 5.41) is 0. The Hall–Kier alpha value is -10.2. The molecule has 11 aromatic rings. The Bertz CT molecular complexity index is 3620. The van der Waals surface area contributed by atoms with Crippen LogP contribution in [0.25, 0.3) is 44.5 Å². The van der Waals surface area contributed by atoms with Crippen molar-refractivity contribution >= 4 is 0 Å². The predicted molar refractivity (Wildman–Crippen MR) is 300 cm³/mol. The molecule has 0 N–H and O–H groups in total. The highest BCUT2D eigenvalue weighted by molar-refractivity contribution is 5.67. The fraction of sp³-hybridized carbons (Fsp3) is 0.0909. The smallest absolute Gasteiger partial charge is 0.331 e. The van der Waals surface area contributed by atoms with Gasteiger partial charge in [0.15, 0.2) is 0 Å². The highest BCUT2D eigenvalue weighted by Crippen LogP contribution is 2.36. The third-order valence-electron chi connectivity index (χ3n) is 13.3. The van der Waals surface area contributed by atoms with E-state index in [-0.39, 0.29) is 36.1 Å². The van der Waals surface area contributed by atoms with Crippen molar-refractivity contribution in [1.29, 1.82) is 0 Å². The van der Waals surface area contributed by atoms with Gasteiger partial charge in [-0.15, -0.1) is 29.9 Å². The molecule has 0 saturated heterocycles. The van der Waals surface area contributed by atoms with E-state index in [4.69, 9.17) is 28.4 Å². The van der Waals surface area contributed by atoms with E-state index in [0.29, 0.717) is 40.4 Å². The minimum absolute atomic E-state index is 0.000123. The van der Waals surface area contributed by atoms with Crippen LogP contribution in [0.5, 0.6) is 70.6 Å².